The van der Waals surface area contributed by atoms with Crippen molar-refractivity contribution in [2.45, 2.75) is 29.4 Å². The van der Waals surface area contributed by atoms with Crippen molar-refractivity contribution in [3.8, 4) is 0 Å². The van der Waals surface area contributed by atoms with Crippen molar-refractivity contribution >= 4 is 44.6 Å². The van der Waals surface area contributed by atoms with Gasteiger partial charge in [-0.15, -0.1) is 22.9 Å². The van der Waals surface area contributed by atoms with Gasteiger partial charge in [0.1, 0.15) is 4.21 Å². The van der Waals surface area contributed by atoms with E-state index in [0.717, 1.165) is 17.8 Å². The fourth-order valence-electron chi connectivity index (χ4n) is 1.07. The highest BCUT2D eigenvalue weighted by Gasteiger charge is 2.16. The van der Waals surface area contributed by atoms with Gasteiger partial charge in [0.2, 0.25) is 10.0 Å². The first-order chi connectivity index (χ1) is 7.45. The minimum Gasteiger partial charge on any atom is -0.210 e. The topological polar surface area (TPSA) is 46.2 Å². The van der Waals surface area contributed by atoms with Gasteiger partial charge in [-0.25, -0.2) is 13.1 Å². The van der Waals surface area contributed by atoms with Crippen LogP contribution in [0.5, 0.6) is 0 Å². The molecule has 0 aliphatic rings. The highest BCUT2D eigenvalue weighted by atomic mass is 35.5. The monoisotopic (exact) mass is 301 g/mol. The van der Waals surface area contributed by atoms with Crippen molar-refractivity contribution in [3.63, 3.8) is 0 Å². The lowest BCUT2D eigenvalue weighted by Gasteiger charge is -2.07. The Morgan fingerprint density at radius 2 is 2.19 bits per heavy atom. The van der Waals surface area contributed by atoms with Gasteiger partial charge in [-0.3, -0.25) is 0 Å². The standard InChI is InChI=1S/C9H13Cl2NO2S2/c1-2-7(10)5-6-12-16(13,14)9-4-3-8(11)15-9/h3-4,7,12H,2,5-6H2,1H3. The Balaban J connectivity index is 2.53. The number of hydrogen-bond acceptors (Lipinski definition) is 3. The van der Waals surface area contributed by atoms with E-state index in [-0.39, 0.29) is 9.59 Å². The predicted molar refractivity (Wildman–Crippen MR) is 69.1 cm³/mol. The van der Waals surface area contributed by atoms with E-state index in [1.807, 2.05) is 6.92 Å². The predicted octanol–water partition coefficient (Wildman–Crippen LogP) is 3.09. The molecule has 16 heavy (non-hydrogen) atoms. The summed E-state index contributed by atoms with van der Waals surface area (Å²) in [6.07, 6.45) is 1.45. The Labute approximate surface area is 110 Å². The Kier molecular flexibility index (Phi) is 5.53. The molecule has 1 N–H and O–H groups in total. The van der Waals surface area contributed by atoms with Crippen LogP contribution in [0.15, 0.2) is 16.3 Å². The zero-order valence-corrected chi connectivity index (χ0v) is 11.9. The number of alkyl halides is 1. The molecule has 1 aromatic heterocycles. The maximum Gasteiger partial charge on any atom is 0.250 e. The average Bonchev–Trinajstić information content (AvgIpc) is 2.65. The molecule has 0 saturated heterocycles. The zero-order chi connectivity index (χ0) is 12.2. The van der Waals surface area contributed by atoms with Gasteiger partial charge in [0, 0.05) is 11.9 Å². The molecule has 0 aromatic carbocycles. The van der Waals surface area contributed by atoms with Crippen molar-refractivity contribution in [1.82, 2.24) is 4.72 Å². The van der Waals surface area contributed by atoms with Gasteiger partial charge in [-0.2, -0.15) is 0 Å². The van der Waals surface area contributed by atoms with Crippen LogP contribution in [-0.4, -0.2) is 20.3 Å². The Hall–Kier alpha value is 0.190. The van der Waals surface area contributed by atoms with E-state index in [4.69, 9.17) is 23.2 Å². The largest absolute Gasteiger partial charge is 0.250 e. The van der Waals surface area contributed by atoms with E-state index in [9.17, 15) is 8.42 Å². The maximum absolute atomic E-state index is 11.7. The minimum absolute atomic E-state index is 0.00891. The van der Waals surface area contributed by atoms with Crippen LogP contribution in [0.2, 0.25) is 4.34 Å². The quantitative estimate of drug-likeness (QED) is 0.821. The Morgan fingerprint density at radius 1 is 1.50 bits per heavy atom. The van der Waals surface area contributed by atoms with Crippen LogP contribution >= 0.6 is 34.5 Å². The maximum atomic E-state index is 11.7. The molecular weight excluding hydrogens is 289 g/mol. The molecule has 0 fully saturated rings. The van der Waals surface area contributed by atoms with E-state index >= 15 is 0 Å². The Morgan fingerprint density at radius 3 is 2.69 bits per heavy atom. The lowest BCUT2D eigenvalue weighted by molar-refractivity contribution is 0.579. The summed E-state index contributed by atoms with van der Waals surface area (Å²) in [7, 11) is -3.42. The summed E-state index contributed by atoms with van der Waals surface area (Å²) >= 11 is 12.6. The summed E-state index contributed by atoms with van der Waals surface area (Å²) in [5, 5.41) is 0.00891. The van der Waals surface area contributed by atoms with Crippen LogP contribution in [0.1, 0.15) is 19.8 Å². The van der Waals surface area contributed by atoms with Crippen LogP contribution in [0, 0.1) is 0 Å². The molecule has 0 aliphatic carbocycles. The van der Waals surface area contributed by atoms with Crippen LogP contribution in [-0.2, 0) is 10.0 Å². The van der Waals surface area contributed by atoms with E-state index < -0.39 is 10.0 Å². The molecule has 0 saturated carbocycles. The first kappa shape index (κ1) is 14.3. The third kappa shape index (κ3) is 4.22. The van der Waals surface area contributed by atoms with Gasteiger partial charge in [0.05, 0.1) is 4.34 Å². The lowest BCUT2D eigenvalue weighted by atomic mass is 10.2. The third-order valence-corrected chi connectivity index (χ3v) is 5.72. The van der Waals surface area contributed by atoms with E-state index in [1.165, 1.54) is 6.07 Å². The van der Waals surface area contributed by atoms with Gasteiger partial charge >= 0.3 is 0 Å². The summed E-state index contributed by atoms with van der Waals surface area (Å²) in [4.78, 5) is 0. The molecule has 0 amide bonds. The summed E-state index contributed by atoms with van der Waals surface area (Å²) in [5.41, 5.74) is 0. The first-order valence-electron chi connectivity index (χ1n) is 4.84. The molecule has 1 heterocycles. The number of hydrogen-bond donors (Lipinski definition) is 1. The van der Waals surface area contributed by atoms with E-state index in [0.29, 0.717) is 17.3 Å². The SMILES string of the molecule is CCC(Cl)CCNS(=O)(=O)c1ccc(Cl)s1. The zero-order valence-electron chi connectivity index (χ0n) is 8.74. The first-order valence-corrected chi connectivity index (χ1v) is 7.96. The molecule has 92 valence electrons. The second-order valence-corrected chi connectivity index (χ2v) is 7.58. The lowest BCUT2D eigenvalue weighted by Crippen LogP contribution is -2.25. The van der Waals surface area contributed by atoms with Crippen molar-refractivity contribution in [1.29, 1.82) is 0 Å². The molecule has 0 aliphatic heterocycles. The van der Waals surface area contributed by atoms with Crippen molar-refractivity contribution in [2.24, 2.45) is 0 Å². The highest BCUT2D eigenvalue weighted by molar-refractivity contribution is 7.91. The highest BCUT2D eigenvalue weighted by Crippen LogP contribution is 2.25. The number of sulfonamides is 1. The van der Waals surface area contributed by atoms with Crippen LogP contribution < -0.4 is 4.72 Å². The second-order valence-electron chi connectivity index (χ2n) is 3.25. The van der Waals surface area contributed by atoms with Gasteiger partial charge < -0.3 is 0 Å². The fourth-order valence-corrected chi connectivity index (χ4v) is 3.75. The smallest absolute Gasteiger partial charge is 0.210 e. The molecule has 3 nitrogen and oxygen atoms in total. The molecule has 1 rings (SSSR count). The van der Waals surface area contributed by atoms with Crippen LogP contribution in [0.3, 0.4) is 0 Å². The summed E-state index contributed by atoms with van der Waals surface area (Å²) in [6, 6.07) is 3.06. The molecule has 0 bridgehead atoms. The number of thiophene rings is 1. The third-order valence-electron chi connectivity index (χ3n) is 2.01. The summed E-state index contributed by atoms with van der Waals surface area (Å²) in [6.45, 7) is 2.31. The molecular formula is C9H13Cl2NO2S2. The van der Waals surface area contributed by atoms with Gasteiger partial charge in [0.25, 0.3) is 0 Å². The van der Waals surface area contributed by atoms with Crippen molar-refractivity contribution in [3.05, 3.63) is 16.5 Å². The molecule has 0 spiro atoms. The van der Waals surface area contributed by atoms with Crippen LogP contribution in [0.25, 0.3) is 0 Å². The molecule has 0 radical (unpaired) electrons. The number of halogens is 2. The molecule has 1 aromatic rings. The summed E-state index contributed by atoms with van der Waals surface area (Å²) < 4.78 is 26.6. The van der Waals surface area contributed by atoms with Gasteiger partial charge in [-0.1, -0.05) is 18.5 Å². The van der Waals surface area contributed by atoms with Crippen LogP contribution in [0.4, 0.5) is 0 Å². The van der Waals surface area contributed by atoms with Crippen molar-refractivity contribution < 1.29 is 8.42 Å². The minimum atomic E-state index is -3.42. The van der Waals surface area contributed by atoms with E-state index in [1.54, 1.807) is 6.07 Å². The average molecular weight is 302 g/mol. The second kappa shape index (κ2) is 6.21. The molecule has 1 unspecified atom stereocenters. The molecule has 1 atom stereocenters. The Bertz CT molecular complexity index is 430. The number of nitrogens with one attached hydrogen (secondary N) is 1. The normalized spacial score (nSPS) is 13.9. The number of rotatable bonds is 6. The fraction of sp³-hybridized carbons (Fsp3) is 0.556. The van der Waals surface area contributed by atoms with E-state index in [2.05, 4.69) is 4.72 Å². The summed E-state index contributed by atoms with van der Waals surface area (Å²) in [5.74, 6) is 0. The van der Waals surface area contributed by atoms with Gasteiger partial charge in [0.15, 0.2) is 0 Å². The van der Waals surface area contributed by atoms with Crippen molar-refractivity contribution in [2.75, 3.05) is 6.54 Å². The van der Waals surface area contributed by atoms with Gasteiger partial charge in [-0.05, 0) is 25.0 Å². The molecule has 7 heteroatoms.